The van der Waals surface area contributed by atoms with Crippen molar-refractivity contribution in [3.05, 3.63) is 89.5 Å². The first kappa shape index (κ1) is 19.6. The van der Waals surface area contributed by atoms with Gasteiger partial charge in [0.25, 0.3) is 0 Å². The molecule has 4 aromatic rings. The normalized spacial score (nSPS) is 10.6. The van der Waals surface area contributed by atoms with Crippen LogP contribution >= 0.6 is 0 Å². The second-order valence-corrected chi connectivity index (χ2v) is 5.81. The third kappa shape index (κ3) is 3.50. The van der Waals surface area contributed by atoms with Crippen molar-refractivity contribution in [3.63, 3.8) is 0 Å². The molecule has 0 aliphatic rings. The second kappa shape index (κ2) is 8.25. The SMILES string of the molecule is CC.Fc1cccc(F)c1Cn1c(-c2c(F)cccc2F)nc2ccccc21. The maximum Gasteiger partial charge on any atom is 0.147 e. The van der Waals surface area contributed by atoms with Gasteiger partial charge < -0.3 is 4.57 Å². The molecule has 0 fully saturated rings. The zero-order valence-electron chi connectivity index (χ0n) is 15.4. The first-order chi connectivity index (χ1) is 13.6. The molecule has 0 atom stereocenters. The van der Waals surface area contributed by atoms with Crippen molar-refractivity contribution in [3.8, 4) is 11.4 Å². The van der Waals surface area contributed by atoms with Gasteiger partial charge in [0.2, 0.25) is 0 Å². The fourth-order valence-electron chi connectivity index (χ4n) is 2.98. The first-order valence-electron chi connectivity index (χ1n) is 8.89. The highest BCUT2D eigenvalue weighted by molar-refractivity contribution is 5.81. The van der Waals surface area contributed by atoms with Crippen LogP contribution in [0.1, 0.15) is 19.4 Å². The van der Waals surface area contributed by atoms with E-state index in [9.17, 15) is 17.6 Å². The molecule has 1 heterocycles. The molecule has 1 aromatic heterocycles. The molecule has 0 aliphatic heterocycles. The number of fused-ring (bicyclic) bond motifs is 1. The smallest absolute Gasteiger partial charge is 0.147 e. The Kier molecular flexibility index (Phi) is 5.78. The lowest BCUT2D eigenvalue weighted by Crippen LogP contribution is -2.08. The monoisotopic (exact) mass is 386 g/mol. The summed E-state index contributed by atoms with van der Waals surface area (Å²) in [6.45, 7) is 3.75. The van der Waals surface area contributed by atoms with Gasteiger partial charge in [-0.3, -0.25) is 0 Å². The van der Waals surface area contributed by atoms with Gasteiger partial charge in [0.05, 0.1) is 23.1 Å². The molecule has 28 heavy (non-hydrogen) atoms. The molecule has 144 valence electrons. The molecule has 0 aliphatic carbocycles. The molecular weight excluding hydrogens is 368 g/mol. The van der Waals surface area contributed by atoms with Gasteiger partial charge in [-0.2, -0.15) is 0 Å². The van der Waals surface area contributed by atoms with Gasteiger partial charge in [-0.05, 0) is 36.4 Å². The maximum atomic E-state index is 14.3. The molecule has 0 saturated carbocycles. The molecule has 6 heteroatoms. The van der Waals surface area contributed by atoms with E-state index in [4.69, 9.17) is 0 Å². The number of para-hydroxylation sites is 2. The van der Waals surface area contributed by atoms with Crippen LogP contribution in [0.2, 0.25) is 0 Å². The Bertz CT molecular complexity index is 1080. The van der Waals surface area contributed by atoms with Crippen LogP contribution in [-0.4, -0.2) is 9.55 Å². The molecule has 0 N–H and O–H groups in total. The minimum Gasteiger partial charge on any atom is -0.319 e. The Labute approximate surface area is 160 Å². The molecule has 0 spiro atoms. The highest BCUT2D eigenvalue weighted by atomic mass is 19.1. The minimum atomic E-state index is -0.796. The summed E-state index contributed by atoms with van der Waals surface area (Å²) in [6, 6.07) is 13.8. The number of hydrogen-bond acceptors (Lipinski definition) is 1. The van der Waals surface area contributed by atoms with Crippen LogP contribution in [0.3, 0.4) is 0 Å². The maximum absolute atomic E-state index is 14.3. The summed E-state index contributed by atoms with van der Waals surface area (Å²) < 4.78 is 58.2. The van der Waals surface area contributed by atoms with Gasteiger partial charge in [-0.25, -0.2) is 22.5 Å². The second-order valence-electron chi connectivity index (χ2n) is 5.81. The Morgan fingerprint density at radius 1 is 0.714 bits per heavy atom. The van der Waals surface area contributed by atoms with Gasteiger partial charge in [0.1, 0.15) is 29.1 Å². The van der Waals surface area contributed by atoms with Crippen LogP contribution in [0.4, 0.5) is 17.6 Å². The van der Waals surface area contributed by atoms with E-state index in [1.54, 1.807) is 24.3 Å². The van der Waals surface area contributed by atoms with Crippen LogP contribution in [0.15, 0.2) is 60.7 Å². The summed E-state index contributed by atoms with van der Waals surface area (Å²) in [4.78, 5) is 4.30. The zero-order valence-corrected chi connectivity index (χ0v) is 15.4. The van der Waals surface area contributed by atoms with Crippen molar-refractivity contribution in [1.82, 2.24) is 9.55 Å². The Hall–Kier alpha value is -3.15. The number of aromatic nitrogens is 2. The Morgan fingerprint density at radius 2 is 1.25 bits per heavy atom. The number of rotatable bonds is 3. The summed E-state index contributed by atoms with van der Waals surface area (Å²) >= 11 is 0. The summed E-state index contributed by atoms with van der Waals surface area (Å²) in [6.07, 6.45) is 0. The van der Waals surface area contributed by atoms with Gasteiger partial charge in [0.15, 0.2) is 0 Å². The highest BCUT2D eigenvalue weighted by Crippen LogP contribution is 2.30. The van der Waals surface area contributed by atoms with Crippen LogP contribution in [-0.2, 0) is 6.54 Å². The summed E-state index contributed by atoms with van der Waals surface area (Å²) in [5.41, 5.74) is 0.462. The number of hydrogen-bond donors (Lipinski definition) is 0. The number of halogens is 4. The molecule has 3 aromatic carbocycles. The van der Waals surface area contributed by atoms with E-state index in [-0.39, 0.29) is 23.5 Å². The standard InChI is InChI=1S/C20H12F4N2.C2H6/c21-13-5-3-6-14(22)12(13)11-26-18-10-2-1-9-17(18)25-20(26)19-15(23)7-4-8-16(19)24;1-2/h1-10H,11H2;1-2H3. The van der Waals surface area contributed by atoms with E-state index in [1.807, 2.05) is 13.8 Å². The lowest BCUT2D eigenvalue weighted by atomic mass is 10.1. The van der Waals surface area contributed by atoms with Crippen molar-refractivity contribution in [2.75, 3.05) is 0 Å². The lowest BCUT2D eigenvalue weighted by Gasteiger charge is -2.12. The van der Waals surface area contributed by atoms with E-state index in [0.29, 0.717) is 11.0 Å². The fourth-order valence-corrected chi connectivity index (χ4v) is 2.98. The van der Waals surface area contributed by atoms with Crippen LogP contribution < -0.4 is 0 Å². The van der Waals surface area contributed by atoms with Crippen molar-refractivity contribution in [1.29, 1.82) is 0 Å². The Balaban J connectivity index is 0.00000109. The molecule has 2 nitrogen and oxygen atoms in total. The van der Waals surface area contributed by atoms with E-state index in [0.717, 1.165) is 24.3 Å². The predicted molar refractivity (Wildman–Crippen MR) is 102 cm³/mol. The van der Waals surface area contributed by atoms with E-state index >= 15 is 0 Å². The van der Waals surface area contributed by atoms with Crippen LogP contribution in [0.25, 0.3) is 22.4 Å². The number of benzene rings is 3. The van der Waals surface area contributed by atoms with Crippen molar-refractivity contribution in [2.24, 2.45) is 0 Å². The van der Waals surface area contributed by atoms with Gasteiger partial charge in [-0.15, -0.1) is 0 Å². The average Bonchev–Trinajstić information content (AvgIpc) is 3.04. The quantitative estimate of drug-likeness (QED) is 0.376. The van der Waals surface area contributed by atoms with Gasteiger partial charge in [-0.1, -0.05) is 38.1 Å². The summed E-state index contributed by atoms with van der Waals surface area (Å²) in [5, 5.41) is 0. The van der Waals surface area contributed by atoms with Crippen molar-refractivity contribution < 1.29 is 17.6 Å². The summed E-state index contributed by atoms with van der Waals surface area (Å²) in [7, 11) is 0. The topological polar surface area (TPSA) is 17.8 Å². The van der Waals surface area contributed by atoms with Gasteiger partial charge in [0, 0.05) is 5.56 Å². The molecule has 0 radical (unpaired) electrons. The number of nitrogens with zero attached hydrogens (tertiary/aromatic N) is 2. The van der Waals surface area contributed by atoms with Crippen molar-refractivity contribution >= 4 is 11.0 Å². The molecule has 0 amide bonds. The van der Waals surface area contributed by atoms with Crippen molar-refractivity contribution in [2.45, 2.75) is 20.4 Å². The lowest BCUT2D eigenvalue weighted by molar-refractivity contribution is 0.546. The largest absolute Gasteiger partial charge is 0.319 e. The molecule has 4 rings (SSSR count). The van der Waals surface area contributed by atoms with E-state index in [1.165, 1.54) is 16.7 Å². The molecule has 0 bridgehead atoms. The molecular formula is C22H18F4N2. The third-order valence-corrected chi connectivity index (χ3v) is 4.22. The molecule has 0 unspecified atom stereocenters. The minimum absolute atomic E-state index is 0.0237. The van der Waals surface area contributed by atoms with Crippen LogP contribution in [0.5, 0.6) is 0 Å². The van der Waals surface area contributed by atoms with Gasteiger partial charge >= 0.3 is 0 Å². The number of imidazole rings is 1. The van der Waals surface area contributed by atoms with E-state index < -0.39 is 23.3 Å². The summed E-state index contributed by atoms with van der Waals surface area (Å²) in [5.74, 6) is -3.08. The predicted octanol–water partition coefficient (Wildman–Crippen LogP) is 6.33. The Morgan fingerprint density at radius 3 is 1.86 bits per heavy atom. The fraction of sp³-hybridized carbons (Fsp3) is 0.136. The highest BCUT2D eigenvalue weighted by Gasteiger charge is 2.21. The zero-order chi connectivity index (χ0) is 20.3. The van der Waals surface area contributed by atoms with Crippen LogP contribution in [0, 0.1) is 23.3 Å². The van der Waals surface area contributed by atoms with E-state index in [2.05, 4.69) is 4.98 Å². The first-order valence-corrected chi connectivity index (χ1v) is 8.89. The molecule has 0 saturated heterocycles. The third-order valence-electron chi connectivity index (χ3n) is 4.22. The average molecular weight is 386 g/mol.